The Balaban J connectivity index is 1.53. The van der Waals surface area contributed by atoms with Crippen LogP contribution in [0.2, 0.25) is 0 Å². The van der Waals surface area contributed by atoms with E-state index in [0.29, 0.717) is 23.9 Å². The number of aryl methyl sites for hydroxylation is 1. The summed E-state index contributed by atoms with van der Waals surface area (Å²) in [5.74, 6) is -1.13. The van der Waals surface area contributed by atoms with Gasteiger partial charge in [-0.3, -0.25) is 9.59 Å². The molecular formula is C25H27FN2O3. The van der Waals surface area contributed by atoms with Crippen LogP contribution in [0, 0.1) is 5.82 Å². The first kappa shape index (κ1) is 21.2. The smallest absolute Gasteiger partial charge is 0.303 e. The van der Waals surface area contributed by atoms with Crippen molar-refractivity contribution >= 4 is 22.7 Å². The van der Waals surface area contributed by atoms with Crippen LogP contribution in [0.5, 0.6) is 0 Å². The lowest BCUT2D eigenvalue weighted by molar-refractivity contribution is -0.137. The summed E-state index contributed by atoms with van der Waals surface area (Å²) in [7, 11) is 2.03. The molecule has 0 atom stereocenters. The molecule has 0 radical (unpaired) electrons. The van der Waals surface area contributed by atoms with Crippen molar-refractivity contribution < 1.29 is 19.1 Å². The SMILES string of the molecule is CN(CCCCC(=O)O)Cc1ccc(-c2[nH]c3cc(F)cc4c3c2CCCC4=O)cc1. The highest BCUT2D eigenvalue weighted by molar-refractivity contribution is 6.11. The first-order valence-corrected chi connectivity index (χ1v) is 10.8. The fourth-order valence-electron chi connectivity index (χ4n) is 4.47. The second-order valence-corrected chi connectivity index (χ2v) is 8.42. The van der Waals surface area contributed by atoms with Gasteiger partial charge in [-0.2, -0.15) is 0 Å². The lowest BCUT2D eigenvalue weighted by Gasteiger charge is -2.16. The van der Waals surface area contributed by atoms with Crippen molar-refractivity contribution in [2.24, 2.45) is 0 Å². The largest absolute Gasteiger partial charge is 0.481 e. The molecule has 0 unspecified atom stereocenters. The molecule has 0 saturated heterocycles. The first-order valence-electron chi connectivity index (χ1n) is 10.8. The number of benzene rings is 2. The van der Waals surface area contributed by atoms with Crippen LogP contribution in [-0.4, -0.2) is 40.3 Å². The van der Waals surface area contributed by atoms with Gasteiger partial charge >= 0.3 is 5.97 Å². The average molecular weight is 423 g/mol. The van der Waals surface area contributed by atoms with E-state index in [-0.39, 0.29) is 18.0 Å². The Morgan fingerprint density at radius 1 is 1.16 bits per heavy atom. The number of aromatic nitrogens is 1. The maximum atomic E-state index is 14.1. The number of halogens is 1. The average Bonchev–Trinajstić information content (AvgIpc) is 3.00. The van der Waals surface area contributed by atoms with E-state index in [1.54, 1.807) is 0 Å². The van der Waals surface area contributed by atoms with Gasteiger partial charge in [0.2, 0.25) is 0 Å². The van der Waals surface area contributed by atoms with Crippen molar-refractivity contribution in [3.05, 3.63) is 58.9 Å². The molecule has 1 aliphatic carbocycles. The summed E-state index contributed by atoms with van der Waals surface area (Å²) in [5, 5.41) is 9.59. The molecule has 6 heteroatoms. The molecule has 0 bridgehead atoms. The zero-order valence-electron chi connectivity index (χ0n) is 17.7. The molecule has 0 spiro atoms. The second kappa shape index (κ2) is 9.02. The van der Waals surface area contributed by atoms with Crippen molar-refractivity contribution in [1.82, 2.24) is 9.88 Å². The van der Waals surface area contributed by atoms with Crippen LogP contribution >= 0.6 is 0 Å². The zero-order valence-corrected chi connectivity index (χ0v) is 17.7. The number of carbonyl (C=O) groups is 2. The third-order valence-electron chi connectivity index (χ3n) is 5.97. The molecule has 5 nitrogen and oxygen atoms in total. The van der Waals surface area contributed by atoms with Crippen molar-refractivity contribution in [1.29, 1.82) is 0 Å². The summed E-state index contributed by atoms with van der Waals surface area (Å²) in [6.45, 7) is 1.64. The third kappa shape index (κ3) is 4.69. The fourth-order valence-corrected chi connectivity index (χ4v) is 4.47. The first-order chi connectivity index (χ1) is 14.9. The molecule has 1 heterocycles. The number of nitrogens with one attached hydrogen (secondary N) is 1. The quantitative estimate of drug-likeness (QED) is 0.491. The van der Waals surface area contributed by atoms with Crippen LogP contribution in [-0.2, 0) is 17.8 Å². The normalized spacial score (nSPS) is 13.7. The number of carboxylic acids is 1. The van der Waals surface area contributed by atoms with E-state index < -0.39 is 5.97 Å². The van der Waals surface area contributed by atoms with Gasteiger partial charge in [0.25, 0.3) is 0 Å². The predicted molar refractivity (Wildman–Crippen MR) is 119 cm³/mol. The second-order valence-electron chi connectivity index (χ2n) is 8.42. The number of hydrogen-bond donors (Lipinski definition) is 2. The summed E-state index contributed by atoms with van der Waals surface area (Å²) in [6, 6.07) is 11.1. The van der Waals surface area contributed by atoms with Gasteiger partial charge in [-0.05, 0) is 68.1 Å². The highest BCUT2D eigenvalue weighted by Crippen LogP contribution is 2.36. The number of H-pyrrole nitrogens is 1. The molecule has 0 fully saturated rings. The number of ketones is 1. The van der Waals surface area contributed by atoms with Crippen LogP contribution in [0.3, 0.4) is 0 Å². The summed E-state index contributed by atoms with van der Waals surface area (Å²) in [6.07, 6.45) is 3.77. The lowest BCUT2D eigenvalue weighted by atomic mass is 9.99. The Labute approximate surface area is 180 Å². The zero-order chi connectivity index (χ0) is 22.0. The molecule has 1 aliphatic rings. The summed E-state index contributed by atoms with van der Waals surface area (Å²) in [4.78, 5) is 28.6. The van der Waals surface area contributed by atoms with Crippen molar-refractivity contribution in [3.63, 3.8) is 0 Å². The van der Waals surface area contributed by atoms with Crippen LogP contribution < -0.4 is 0 Å². The van der Waals surface area contributed by atoms with Crippen LogP contribution in [0.4, 0.5) is 4.39 Å². The molecule has 0 aliphatic heterocycles. The van der Waals surface area contributed by atoms with Gasteiger partial charge < -0.3 is 15.0 Å². The van der Waals surface area contributed by atoms with Crippen LogP contribution in [0.25, 0.3) is 22.2 Å². The lowest BCUT2D eigenvalue weighted by Crippen LogP contribution is -2.19. The van der Waals surface area contributed by atoms with Gasteiger partial charge in [-0.15, -0.1) is 0 Å². The molecule has 1 aromatic heterocycles. The Morgan fingerprint density at radius 2 is 1.94 bits per heavy atom. The van der Waals surface area contributed by atoms with Gasteiger partial charge in [-0.25, -0.2) is 4.39 Å². The Hall–Kier alpha value is -2.99. The summed E-state index contributed by atoms with van der Waals surface area (Å²) < 4.78 is 14.1. The number of hydrogen-bond acceptors (Lipinski definition) is 3. The van der Waals surface area contributed by atoms with Crippen LogP contribution in [0.15, 0.2) is 36.4 Å². The van der Waals surface area contributed by atoms with E-state index in [1.807, 2.05) is 7.05 Å². The van der Waals surface area contributed by atoms with E-state index in [0.717, 1.165) is 54.6 Å². The number of rotatable bonds is 8. The Kier molecular flexibility index (Phi) is 6.18. The molecule has 3 aromatic rings. The van der Waals surface area contributed by atoms with E-state index in [9.17, 15) is 14.0 Å². The van der Waals surface area contributed by atoms with Gasteiger partial charge in [0.05, 0.1) is 0 Å². The molecule has 4 rings (SSSR count). The van der Waals surface area contributed by atoms with Gasteiger partial charge in [-0.1, -0.05) is 24.3 Å². The number of carboxylic acid groups (broad SMARTS) is 1. The summed E-state index contributed by atoms with van der Waals surface area (Å²) >= 11 is 0. The van der Waals surface area contributed by atoms with Gasteiger partial charge in [0, 0.05) is 41.5 Å². The monoisotopic (exact) mass is 422 g/mol. The standard InChI is InChI=1S/C25H27FN2O3/c1-28(12-3-2-7-23(30)31)15-16-8-10-17(11-9-16)25-19-5-4-6-22(29)20-13-18(26)14-21(27-25)24(19)20/h8-11,13-14,27H,2-7,12,15H2,1H3,(H,30,31). The minimum absolute atomic E-state index is 0.00976. The van der Waals surface area contributed by atoms with Crippen molar-refractivity contribution in [2.75, 3.05) is 13.6 Å². The number of aromatic amines is 1. The topological polar surface area (TPSA) is 73.4 Å². The minimum Gasteiger partial charge on any atom is -0.481 e. The summed E-state index contributed by atoms with van der Waals surface area (Å²) in [5.41, 5.74) is 5.43. The van der Waals surface area contributed by atoms with Crippen LogP contribution in [0.1, 0.15) is 53.6 Å². The molecule has 0 saturated carbocycles. The number of carbonyl (C=O) groups excluding carboxylic acids is 1. The highest BCUT2D eigenvalue weighted by Gasteiger charge is 2.23. The number of aliphatic carboxylic acids is 1. The molecule has 2 N–H and O–H groups in total. The molecule has 162 valence electrons. The van der Waals surface area contributed by atoms with E-state index in [4.69, 9.17) is 5.11 Å². The van der Waals surface area contributed by atoms with Gasteiger partial charge in [0.1, 0.15) is 5.82 Å². The molecule has 2 aromatic carbocycles. The maximum Gasteiger partial charge on any atom is 0.303 e. The molecule has 31 heavy (non-hydrogen) atoms. The molecule has 0 amide bonds. The molecular weight excluding hydrogens is 395 g/mol. The van der Waals surface area contributed by atoms with E-state index >= 15 is 0 Å². The predicted octanol–water partition coefficient (Wildman–Crippen LogP) is 5.18. The Morgan fingerprint density at radius 3 is 2.68 bits per heavy atom. The van der Waals surface area contributed by atoms with Crippen molar-refractivity contribution in [2.45, 2.75) is 45.1 Å². The highest BCUT2D eigenvalue weighted by atomic mass is 19.1. The van der Waals surface area contributed by atoms with Crippen molar-refractivity contribution in [3.8, 4) is 11.3 Å². The van der Waals surface area contributed by atoms with E-state index in [1.165, 1.54) is 17.7 Å². The van der Waals surface area contributed by atoms with E-state index in [2.05, 4.69) is 34.1 Å². The minimum atomic E-state index is -0.746. The fraction of sp³-hybridized carbons (Fsp3) is 0.360. The number of unbranched alkanes of at least 4 members (excludes halogenated alkanes) is 1. The maximum absolute atomic E-state index is 14.1. The number of nitrogens with zero attached hydrogens (tertiary/aromatic N) is 1. The van der Waals surface area contributed by atoms with Gasteiger partial charge in [0.15, 0.2) is 5.78 Å². The number of Topliss-reactive ketones (excluding diaryl/α,β-unsaturated/α-hetero) is 1. The Bertz CT molecular complexity index is 1120. The third-order valence-corrected chi connectivity index (χ3v) is 5.97.